The van der Waals surface area contributed by atoms with E-state index in [2.05, 4.69) is 0 Å². The molecule has 0 radical (unpaired) electrons. The molecule has 0 spiro atoms. The summed E-state index contributed by atoms with van der Waals surface area (Å²) in [4.78, 5) is 13.7. The molecule has 1 aromatic carbocycles. The zero-order valence-electron chi connectivity index (χ0n) is 8.76. The lowest BCUT2D eigenvalue weighted by molar-refractivity contribution is 0.0972. The maximum atomic E-state index is 11.7. The summed E-state index contributed by atoms with van der Waals surface area (Å²) < 4.78 is 0. The first-order valence-electron chi connectivity index (χ1n) is 4.63. The fourth-order valence-electron chi connectivity index (χ4n) is 1.18. The molecular formula is C11H13Cl2NO. The normalized spacial score (nSPS) is 10.7. The third kappa shape index (κ3) is 4.20. The topological polar surface area (TPSA) is 20.3 Å². The number of ketones is 1. The molecule has 0 aliphatic carbocycles. The van der Waals surface area contributed by atoms with Crippen LogP contribution < -0.4 is 0 Å². The van der Waals surface area contributed by atoms with Crippen molar-refractivity contribution in [2.24, 2.45) is 0 Å². The van der Waals surface area contributed by atoms with Crippen LogP contribution in [-0.2, 0) is 0 Å². The van der Waals surface area contributed by atoms with E-state index in [1.165, 1.54) is 0 Å². The second-order valence-electron chi connectivity index (χ2n) is 3.63. The van der Waals surface area contributed by atoms with E-state index < -0.39 is 0 Å². The van der Waals surface area contributed by atoms with Crippen LogP contribution in [0.4, 0.5) is 0 Å². The van der Waals surface area contributed by atoms with Gasteiger partial charge in [0.05, 0.1) is 0 Å². The minimum atomic E-state index is 0.0631. The minimum absolute atomic E-state index is 0.0631. The van der Waals surface area contributed by atoms with Gasteiger partial charge >= 0.3 is 0 Å². The zero-order chi connectivity index (χ0) is 11.4. The molecule has 0 N–H and O–H groups in total. The summed E-state index contributed by atoms with van der Waals surface area (Å²) in [6.45, 7) is 0.725. The maximum absolute atomic E-state index is 11.7. The molecule has 0 amide bonds. The highest BCUT2D eigenvalue weighted by Crippen LogP contribution is 2.19. The number of nitrogens with zero attached hydrogens (tertiary/aromatic N) is 1. The Kier molecular flexibility index (Phi) is 4.58. The van der Waals surface area contributed by atoms with E-state index in [9.17, 15) is 4.79 Å². The summed E-state index contributed by atoms with van der Waals surface area (Å²) >= 11 is 11.6. The first-order valence-corrected chi connectivity index (χ1v) is 5.38. The summed E-state index contributed by atoms with van der Waals surface area (Å²) in [7, 11) is 3.86. The summed E-state index contributed by atoms with van der Waals surface area (Å²) in [6, 6.07) is 4.91. The number of hydrogen-bond acceptors (Lipinski definition) is 2. The molecule has 0 fully saturated rings. The van der Waals surface area contributed by atoms with Crippen LogP contribution in [0.3, 0.4) is 0 Å². The van der Waals surface area contributed by atoms with Crippen molar-refractivity contribution in [2.45, 2.75) is 6.42 Å². The van der Waals surface area contributed by atoms with Crippen LogP contribution in [0.2, 0.25) is 10.0 Å². The maximum Gasteiger partial charge on any atom is 0.164 e. The van der Waals surface area contributed by atoms with Gasteiger partial charge in [-0.2, -0.15) is 0 Å². The SMILES string of the molecule is CN(C)CCC(=O)c1cc(Cl)cc(Cl)c1. The van der Waals surface area contributed by atoms with E-state index in [0.717, 1.165) is 6.54 Å². The summed E-state index contributed by atoms with van der Waals surface area (Å²) in [5.74, 6) is 0.0631. The lowest BCUT2D eigenvalue weighted by atomic mass is 10.1. The fourth-order valence-corrected chi connectivity index (χ4v) is 1.71. The van der Waals surface area contributed by atoms with Gasteiger partial charge in [-0.25, -0.2) is 0 Å². The van der Waals surface area contributed by atoms with Crippen LogP contribution in [0.15, 0.2) is 18.2 Å². The van der Waals surface area contributed by atoms with Crippen LogP contribution in [0.5, 0.6) is 0 Å². The predicted molar refractivity (Wildman–Crippen MR) is 64.0 cm³/mol. The molecule has 2 nitrogen and oxygen atoms in total. The molecule has 0 aliphatic rings. The molecule has 1 rings (SSSR count). The molecule has 0 saturated carbocycles. The van der Waals surface area contributed by atoms with Gasteiger partial charge in [0.2, 0.25) is 0 Å². The van der Waals surface area contributed by atoms with Gasteiger partial charge in [-0.3, -0.25) is 4.79 Å². The summed E-state index contributed by atoms with van der Waals surface area (Å²) in [5.41, 5.74) is 0.578. The molecule has 0 saturated heterocycles. The monoisotopic (exact) mass is 245 g/mol. The zero-order valence-corrected chi connectivity index (χ0v) is 10.3. The Labute approximate surface area is 99.8 Å². The van der Waals surface area contributed by atoms with Crippen LogP contribution in [0.1, 0.15) is 16.8 Å². The Morgan fingerprint density at radius 1 is 1.20 bits per heavy atom. The molecular weight excluding hydrogens is 233 g/mol. The lowest BCUT2D eigenvalue weighted by Gasteiger charge is -2.08. The Hall–Kier alpha value is -0.570. The van der Waals surface area contributed by atoms with Crippen molar-refractivity contribution in [3.63, 3.8) is 0 Å². The van der Waals surface area contributed by atoms with E-state index >= 15 is 0 Å². The van der Waals surface area contributed by atoms with Crippen LogP contribution in [-0.4, -0.2) is 31.3 Å². The molecule has 0 unspecified atom stereocenters. The third-order valence-electron chi connectivity index (χ3n) is 1.97. The molecule has 0 heterocycles. The van der Waals surface area contributed by atoms with Crippen molar-refractivity contribution in [1.82, 2.24) is 4.90 Å². The van der Waals surface area contributed by atoms with Gasteiger partial charge in [0.15, 0.2) is 5.78 Å². The number of rotatable bonds is 4. The second-order valence-corrected chi connectivity index (χ2v) is 4.51. The molecule has 0 atom stereocenters. The van der Waals surface area contributed by atoms with Crippen molar-refractivity contribution >= 4 is 29.0 Å². The van der Waals surface area contributed by atoms with Crippen molar-refractivity contribution in [2.75, 3.05) is 20.6 Å². The number of halogens is 2. The Morgan fingerprint density at radius 2 is 1.73 bits per heavy atom. The highest BCUT2D eigenvalue weighted by molar-refractivity contribution is 6.35. The summed E-state index contributed by atoms with van der Waals surface area (Å²) in [5, 5.41) is 0.992. The van der Waals surface area contributed by atoms with E-state index in [4.69, 9.17) is 23.2 Å². The predicted octanol–water partition coefficient (Wildman–Crippen LogP) is 3.13. The fraction of sp³-hybridized carbons (Fsp3) is 0.364. The highest BCUT2D eigenvalue weighted by atomic mass is 35.5. The van der Waals surface area contributed by atoms with E-state index in [1.54, 1.807) is 18.2 Å². The molecule has 1 aromatic rings. The molecule has 0 aromatic heterocycles. The van der Waals surface area contributed by atoms with Crippen molar-refractivity contribution in [3.05, 3.63) is 33.8 Å². The van der Waals surface area contributed by atoms with Gasteiger partial charge in [-0.05, 0) is 32.3 Å². The van der Waals surface area contributed by atoms with Gasteiger partial charge in [0.1, 0.15) is 0 Å². The smallest absolute Gasteiger partial charge is 0.164 e. The van der Waals surface area contributed by atoms with Gasteiger partial charge in [-0.1, -0.05) is 23.2 Å². The Bertz CT molecular complexity index is 343. The van der Waals surface area contributed by atoms with E-state index in [0.29, 0.717) is 22.0 Å². The van der Waals surface area contributed by atoms with Crippen molar-refractivity contribution < 1.29 is 4.79 Å². The number of carbonyl (C=O) groups is 1. The molecule has 4 heteroatoms. The van der Waals surface area contributed by atoms with Gasteiger partial charge < -0.3 is 4.90 Å². The molecule has 82 valence electrons. The molecule has 0 bridgehead atoms. The largest absolute Gasteiger partial charge is 0.309 e. The Morgan fingerprint density at radius 3 is 2.20 bits per heavy atom. The Balaban J connectivity index is 2.73. The third-order valence-corrected chi connectivity index (χ3v) is 2.41. The van der Waals surface area contributed by atoms with Gasteiger partial charge in [0.25, 0.3) is 0 Å². The van der Waals surface area contributed by atoms with Gasteiger partial charge in [0, 0.05) is 28.6 Å². The number of Topliss-reactive ketones (excluding diaryl/α,β-unsaturated/α-hetero) is 1. The number of hydrogen-bond donors (Lipinski definition) is 0. The van der Waals surface area contributed by atoms with Gasteiger partial charge in [-0.15, -0.1) is 0 Å². The quantitative estimate of drug-likeness (QED) is 0.760. The van der Waals surface area contributed by atoms with Crippen LogP contribution in [0.25, 0.3) is 0 Å². The minimum Gasteiger partial charge on any atom is -0.309 e. The van der Waals surface area contributed by atoms with E-state index in [-0.39, 0.29) is 5.78 Å². The molecule has 0 aliphatic heterocycles. The van der Waals surface area contributed by atoms with Crippen molar-refractivity contribution in [3.8, 4) is 0 Å². The van der Waals surface area contributed by atoms with Crippen molar-refractivity contribution in [1.29, 1.82) is 0 Å². The number of benzene rings is 1. The second kappa shape index (κ2) is 5.50. The van der Waals surface area contributed by atoms with Crippen LogP contribution >= 0.6 is 23.2 Å². The van der Waals surface area contributed by atoms with E-state index in [1.807, 2.05) is 19.0 Å². The number of carbonyl (C=O) groups excluding carboxylic acids is 1. The first kappa shape index (κ1) is 12.5. The lowest BCUT2D eigenvalue weighted by Crippen LogP contribution is -2.16. The average Bonchev–Trinajstić information content (AvgIpc) is 2.12. The standard InChI is InChI=1S/C11H13Cl2NO/c1-14(2)4-3-11(15)8-5-9(12)7-10(13)6-8/h5-7H,3-4H2,1-2H3. The van der Waals surface area contributed by atoms with Crippen LogP contribution in [0, 0.1) is 0 Å². The molecule has 15 heavy (non-hydrogen) atoms. The highest BCUT2D eigenvalue weighted by Gasteiger charge is 2.08. The summed E-state index contributed by atoms with van der Waals surface area (Å²) in [6.07, 6.45) is 0.476. The average molecular weight is 246 g/mol. The first-order chi connectivity index (χ1) is 6.99.